The van der Waals surface area contributed by atoms with Crippen molar-refractivity contribution in [3.63, 3.8) is 0 Å². The van der Waals surface area contributed by atoms with Crippen molar-refractivity contribution < 1.29 is 27.9 Å². The predicted octanol–water partition coefficient (Wildman–Crippen LogP) is 4.72. The minimum absolute atomic E-state index is 0.0363. The second-order valence-electron chi connectivity index (χ2n) is 10.4. The van der Waals surface area contributed by atoms with Crippen LogP contribution in [0.15, 0.2) is 23.8 Å². The predicted molar refractivity (Wildman–Crippen MR) is 112 cm³/mol. The lowest BCUT2D eigenvalue weighted by atomic mass is 9.46. The molecule has 4 nitrogen and oxygen atoms in total. The number of alkyl halides is 2. The van der Waals surface area contributed by atoms with Gasteiger partial charge in [0, 0.05) is 23.2 Å². The molecule has 0 N–H and O–H groups in total. The lowest BCUT2D eigenvalue weighted by Crippen LogP contribution is -2.61. The average molecular weight is 435 g/mol. The Morgan fingerprint density at radius 2 is 1.94 bits per heavy atom. The first kappa shape index (κ1) is 22.3. The van der Waals surface area contributed by atoms with Crippen molar-refractivity contribution in [2.75, 3.05) is 6.67 Å². The third-order valence-electron chi connectivity index (χ3n) is 9.18. The van der Waals surface area contributed by atoms with Gasteiger partial charge >= 0.3 is 5.97 Å². The molecule has 3 fully saturated rings. The summed E-state index contributed by atoms with van der Waals surface area (Å²) in [6, 6.07) is 0. The molecule has 4 aliphatic rings. The maximum atomic E-state index is 15.4. The molecule has 0 aromatic heterocycles. The lowest BCUT2D eigenvalue weighted by molar-refractivity contribution is -0.195. The molecule has 170 valence electrons. The SMILES string of the molecule is CCC(=O)O[C@@]1(C(=O)CF)[C@@H](C)C[C@H]2[C@@H]3C[C@H](F)C4=CC(=O)C=C[C@]4(C)[C@H]3CC[C@@]21C. The van der Waals surface area contributed by atoms with Crippen molar-refractivity contribution in [3.8, 4) is 0 Å². The van der Waals surface area contributed by atoms with E-state index in [2.05, 4.69) is 0 Å². The quantitative estimate of drug-likeness (QED) is 0.601. The number of halogens is 2. The number of Topliss-reactive ketones (excluding diaryl/α,β-unsaturated/α-hetero) is 1. The highest BCUT2D eigenvalue weighted by Crippen LogP contribution is 2.69. The van der Waals surface area contributed by atoms with Gasteiger partial charge in [-0.15, -0.1) is 0 Å². The highest BCUT2D eigenvalue weighted by Gasteiger charge is 2.71. The van der Waals surface area contributed by atoms with Crippen LogP contribution in [0.5, 0.6) is 0 Å². The van der Waals surface area contributed by atoms with E-state index >= 15 is 4.39 Å². The van der Waals surface area contributed by atoms with Gasteiger partial charge in [0.1, 0.15) is 6.17 Å². The monoisotopic (exact) mass is 434 g/mol. The smallest absolute Gasteiger partial charge is 0.306 e. The molecule has 0 aliphatic heterocycles. The summed E-state index contributed by atoms with van der Waals surface area (Å²) in [7, 11) is 0. The van der Waals surface area contributed by atoms with Crippen LogP contribution >= 0.6 is 0 Å². The van der Waals surface area contributed by atoms with E-state index in [4.69, 9.17) is 4.74 Å². The van der Waals surface area contributed by atoms with Crippen LogP contribution in [0.3, 0.4) is 0 Å². The van der Waals surface area contributed by atoms with E-state index in [-0.39, 0.29) is 42.3 Å². The van der Waals surface area contributed by atoms with Gasteiger partial charge in [0.15, 0.2) is 18.1 Å². The van der Waals surface area contributed by atoms with Crippen LogP contribution in [0.4, 0.5) is 8.78 Å². The largest absolute Gasteiger partial charge is 0.450 e. The maximum absolute atomic E-state index is 15.4. The highest BCUT2D eigenvalue weighted by molar-refractivity contribution is 6.01. The van der Waals surface area contributed by atoms with E-state index in [0.29, 0.717) is 24.8 Å². The van der Waals surface area contributed by atoms with Crippen molar-refractivity contribution >= 4 is 17.5 Å². The Labute approximate surface area is 182 Å². The van der Waals surface area contributed by atoms with Gasteiger partial charge in [0.25, 0.3) is 0 Å². The molecule has 0 unspecified atom stereocenters. The number of hydrogen-bond donors (Lipinski definition) is 0. The van der Waals surface area contributed by atoms with Crippen LogP contribution in [0.1, 0.15) is 59.8 Å². The molecule has 3 saturated carbocycles. The first-order valence-corrected chi connectivity index (χ1v) is 11.5. The molecule has 4 aliphatic carbocycles. The zero-order valence-corrected chi connectivity index (χ0v) is 18.8. The molecule has 0 bridgehead atoms. The van der Waals surface area contributed by atoms with Gasteiger partial charge in [0.05, 0.1) is 0 Å². The molecule has 6 heteroatoms. The summed E-state index contributed by atoms with van der Waals surface area (Å²) < 4.78 is 35.1. The first-order valence-electron chi connectivity index (χ1n) is 11.5. The van der Waals surface area contributed by atoms with Crippen LogP contribution in [0, 0.1) is 34.5 Å². The Hall–Kier alpha value is -1.85. The fraction of sp³-hybridized carbons (Fsp3) is 0.720. The van der Waals surface area contributed by atoms with Crippen molar-refractivity contribution in [1.29, 1.82) is 0 Å². The third kappa shape index (κ3) is 2.85. The van der Waals surface area contributed by atoms with Crippen LogP contribution in [0.2, 0.25) is 0 Å². The second kappa shape index (κ2) is 7.35. The normalized spacial score (nSPS) is 45.9. The third-order valence-corrected chi connectivity index (χ3v) is 9.18. The van der Waals surface area contributed by atoms with Crippen LogP contribution in [-0.2, 0) is 19.1 Å². The van der Waals surface area contributed by atoms with Crippen LogP contribution in [-0.4, -0.2) is 36.0 Å². The molecule has 4 rings (SSSR count). The number of hydrogen-bond acceptors (Lipinski definition) is 4. The molecule has 0 saturated heterocycles. The van der Waals surface area contributed by atoms with Crippen molar-refractivity contribution in [3.05, 3.63) is 23.8 Å². The molecule has 0 amide bonds. The van der Waals surface area contributed by atoms with E-state index in [0.717, 1.165) is 0 Å². The first-order chi connectivity index (χ1) is 14.5. The van der Waals surface area contributed by atoms with Gasteiger partial charge in [-0.3, -0.25) is 14.4 Å². The molecule has 0 spiro atoms. The molecule has 8 atom stereocenters. The van der Waals surface area contributed by atoms with Gasteiger partial charge in [-0.05, 0) is 61.2 Å². The van der Waals surface area contributed by atoms with Gasteiger partial charge in [-0.2, -0.15) is 0 Å². The Bertz CT molecular complexity index is 879. The van der Waals surface area contributed by atoms with E-state index in [9.17, 15) is 18.8 Å². The second-order valence-corrected chi connectivity index (χ2v) is 10.4. The Balaban J connectivity index is 1.78. The molecule has 0 heterocycles. The van der Waals surface area contributed by atoms with Gasteiger partial charge in [-0.25, -0.2) is 8.78 Å². The summed E-state index contributed by atoms with van der Waals surface area (Å²) in [5.41, 5.74) is -2.24. The minimum atomic E-state index is -1.51. The number of fused-ring (bicyclic) bond motifs is 5. The Kier molecular flexibility index (Phi) is 5.30. The standard InChI is InChI=1S/C25H32F2O4/c1-5-22(30)31-25(21(29)13-26)14(2)10-18-16-12-20(27)19-11-15(28)6-8-23(19,3)17(16)7-9-24(18,25)4/h6,8,11,14,16-18,20H,5,7,9-10,12-13H2,1-4H3/t14-,16+,17-,18-,20-,23+,24-,25+/m0/s1. The molecular weight excluding hydrogens is 402 g/mol. The van der Waals surface area contributed by atoms with E-state index < -0.39 is 41.0 Å². The fourth-order valence-corrected chi connectivity index (χ4v) is 7.74. The molecule has 0 radical (unpaired) electrons. The van der Waals surface area contributed by atoms with E-state index in [1.54, 1.807) is 6.92 Å². The van der Waals surface area contributed by atoms with Crippen molar-refractivity contribution in [2.24, 2.45) is 34.5 Å². The highest BCUT2D eigenvalue weighted by atomic mass is 19.1. The fourth-order valence-electron chi connectivity index (χ4n) is 7.74. The summed E-state index contributed by atoms with van der Waals surface area (Å²) in [6.07, 6.45) is 5.87. The average Bonchev–Trinajstić information content (AvgIpc) is 2.96. The minimum Gasteiger partial charge on any atom is -0.450 e. The van der Waals surface area contributed by atoms with Gasteiger partial charge in [0.2, 0.25) is 5.78 Å². The Morgan fingerprint density at radius 3 is 2.58 bits per heavy atom. The zero-order chi connectivity index (χ0) is 22.8. The Morgan fingerprint density at radius 1 is 1.23 bits per heavy atom. The van der Waals surface area contributed by atoms with Crippen LogP contribution in [0.25, 0.3) is 0 Å². The molecule has 31 heavy (non-hydrogen) atoms. The topological polar surface area (TPSA) is 60.4 Å². The summed E-state index contributed by atoms with van der Waals surface area (Å²) >= 11 is 0. The molecule has 0 aromatic carbocycles. The number of carbonyl (C=O) groups is 3. The summed E-state index contributed by atoms with van der Waals surface area (Å²) in [5, 5.41) is 0. The number of carbonyl (C=O) groups excluding carboxylic acids is 3. The number of allylic oxidation sites excluding steroid dienone is 4. The number of rotatable bonds is 4. The van der Waals surface area contributed by atoms with Gasteiger partial charge < -0.3 is 4.74 Å². The molecule has 0 aromatic rings. The van der Waals surface area contributed by atoms with Crippen LogP contribution < -0.4 is 0 Å². The van der Waals surface area contributed by atoms with Crippen molar-refractivity contribution in [2.45, 2.75) is 71.6 Å². The summed E-state index contributed by atoms with van der Waals surface area (Å²) in [4.78, 5) is 37.3. The summed E-state index contributed by atoms with van der Waals surface area (Å²) in [5.74, 6) is -1.68. The maximum Gasteiger partial charge on any atom is 0.306 e. The van der Waals surface area contributed by atoms with E-state index in [1.807, 2.05) is 26.8 Å². The zero-order valence-electron chi connectivity index (χ0n) is 18.8. The molecular formula is C25H32F2O4. The van der Waals surface area contributed by atoms with Gasteiger partial charge in [-0.1, -0.05) is 33.8 Å². The van der Waals surface area contributed by atoms with Crippen molar-refractivity contribution in [1.82, 2.24) is 0 Å². The number of ether oxygens (including phenoxy) is 1. The number of esters is 1. The number of ketones is 2. The lowest BCUT2D eigenvalue weighted by Gasteiger charge is -2.58. The van der Waals surface area contributed by atoms with E-state index in [1.165, 1.54) is 12.2 Å². The summed E-state index contributed by atoms with van der Waals surface area (Å²) in [6.45, 7) is 6.28.